The van der Waals surface area contributed by atoms with Crippen molar-refractivity contribution in [3.63, 3.8) is 0 Å². The number of hydrogen-bond acceptors (Lipinski definition) is 4. The van der Waals surface area contributed by atoms with Gasteiger partial charge in [-0.3, -0.25) is 9.78 Å². The number of amides is 1. The van der Waals surface area contributed by atoms with Gasteiger partial charge in [-0.15, -0.1) is 0 Å². The van der Waals surface area contributed by atoms with E-state index in [0.29, 0.717) is 17.1 Å². The molecule has 0 aliphatic carbocycles. The molecule has 0 unspecified atom stereocenters. The van der Waals surface area contributed by atoms with Gasteiger partial charge in [0.2, 0.25) is 9.84 Å². The number of halogens is 1. The molecule has 1 N–H and O–H groups in total. The molecule has 0 bridgehead atoms. The van der Waals surface area contributed by atoms with Crippen LogP contribution in [-0.4, -0.2) is 19.3 Å². The fourth-order valence-electron chi connectivity index (χ4n) is 2.32. The number of sulfone groups is 1. The monoisotopic (exact) mass is 386 g/mol. The Labute approximate surface area is 156 Å². The molecule has 3 rings (SSSR count). The molecule has 0 radical (unpaired) electrons. The van der Waals surface area contributed by atoms with E-state index in [1.54, 1.807) is 12.4 Å². The highest BCUT2D eigenvalue weighted by molar-refractivity contribution is 7.91. The van der Waals surface area contributed by atoms with Gasteiger partial charge < -0.3 is 5.32 Å². The van der Waals surface area contributed by atoms with Crippen LogP contribution >= 0.6 is 11.6 Å². The van der Waals surface area contributed by atoms with Crippen molar-refractivity contribution in [2.75, 3.05) is 0 Å². The lowest BCUT2D eigenvalue weighted by Gasteiger charge is -2.07. The van der Waals surface area contributed by atoms with E-state index < -0.39 is 9.84 Å². The summed E-state index contributed by atoms with van der Waals surface area (Å²) in [6.07, 6.45) is 3.30. The largest absolute Gasteiger partial charge is 0.348 e. The van der Waals surface area contributed by atoms with Crippen molar-refractivity contribution in [2.45, 2.75) is 16.3 Å². The average molecular weight is 387 g/mol. The third-order valence-corrected chi connectivity index (χ3v) is 5.79. The van der Waals surface area contributed by atoms with E-state index in [9.17, 15) is 13.2 Å². The van der Waals surface area contributed by atoms with Gasteiger partial charge in [-0.1, -0.05) is 11.6 Å². The van der Waals surface area contributed by atoms with Crippen LogP contribution in [0.5, 0.6) is 0 Å². The molecule has 2 aromatic carbocycles. The minimum Gasteiger partial charge on any atom is -0.348 e. The summed E-state index contributed by atoms with van der Waals surface area (Å²) in [7, 11) is -3.65. The average Bonchev–Trinajstić information content (AvgIpc) is 2.67. The van der Waals surface area contributed by atoms with Crippen LogP contribution in [0.25, 0.3) is 0 Å². The molecule has 7 heteroatoms. The van der Waals surface area contributed by atoms with Crippen molar-refractivity contribution >= 4 is 27.3 Å². The Kier molecular flexibility index (Phi) is 5.35. The summed E-state index contributed by atoms with van der Waals surface area (Å²) in [5.41, 5.74) is 1.31. The van der Waals surface area contributed by atoms with Crippen LogP contribution in [0.1, 0.15) is 15.9 Å². The molecule has 1 aromatic heterocycles. The quantitative estimate of drug-likeness (QED) is 0.728. The number of carbonyl (C=O) groups is 1. The number of nitrogens with one attached hydrogen (secondary N) is 1. The lowest BCUT2D eigenvalue weighted by molar-refractivity contribution is 0.0951. The van der Waals surface area contributed by atoms with E-state index in [1.165, 1.54) is 48.5 Å². The van der Waals surface area contributed by atoms with E-state index in [1.807, 2.05) is 12.1 Å². The summed E-state index contributed by atoms with van der Waals surface area (Å²) in [5.74, 6) is -0.280. The summed E-state index contributed by atoms with van der Waals surface area (Å²) in [5, 5.41) is 3.24. The van der Waals surface area contributed by atoms with Crippen molar-refractivity contribution in [1.82, 2.24) is 10.3 Å². The van der Waals surface area contributed by atoms with Crippen LogP contribution in [0.2, 0.25) is 5.02 Å². The Bertz CT molecular complexity index is 1000. The number of aromatic nitrogens is 1. The fraction of sp³-hybridized carbons (Fsp3) is 0.0526. The van der Waals surface area contributed by atoms with Gasteiger partial charge in [0, 0.05) is 29.5 Å². The zero-order chi connectivity index (χ0) is 18.6. The first-order chi connectivity index (χ1) is 12.5. The van der Waals surface area contributed by atoms with Gasteiger partial charge in [-0.2, -0.15) is 0 Å². The van der Waals surface area contributed by atoms with E-state index in [2.05, 4.69) is 10.3 Å². The highest BCUT2D eigenvalue weighted by Gasteiger charge is 2.18. The van der Waals surface area contributed by atoms with Gasteiger partial charge >= 0.3 is 0 Å². The zero-order valence-corrected chi connectivity index (χ0v) is 15.2. The summed E-state index contributed by atoms with van der Waals surface area (Å²) < 4.78 is 25.2. The van der Waals surface area contributed by atoms with Crippen molar-refractivity contribution in [3.05, 3.63) is 89.2 Å². The topological polar surface area (TPSA) is 76.1 Å². The Morgan fingerprint density at radius 1 is 0.885 bits per heavy atom. The van der Waals surface area contributed by atoms with Crippen LogP contribution in [0.15, 0.2) is 82.8 Å². The molecule has 0 saturated carbocycles. The van der Waals surface area contributed by atoms with Gasteiger partial charge in [0.05, 0.1) is 9.79 Å². The maximum absolute atomic E-state index is 12.6. The molecule has 0 atom stereocenters. The lowest BCUT2D eigenvalue weighted by Crippen LogP contribution is -2.22. The Morgan fingerprint density at radius 2 is 1.42 bits per heavy atom. The molecule has 0 aliphatic rings. The Hall–Kier alpha value is -2.70. The highest BCUT2D eigenvalue weighted by Crippen LogP contribution is 2.22. The smallest absolute Gasteiger partial charge is 0.251 e. The first-order valence-corrected chi connectivity index (χ1v) is 9.61. The summed E-state index contributed by atoms with van der Waals surface area (Å²) in [6, 6.07) is 15.4. The minimum absolute atomic E-state index is 0.116. The molecule has 1 heterocycles. The molecule has 0 spiro atoms. The molecule has 0 aliphatic heterocycles. The minimum atomic E-state index is -3.65. The SMILES string of the molecule is O=C(NCc1ccncc1)c1ccc(S(=O)(=O)c2ccc(Cl)cc2)cc1. The van der Waals surface area contributed by atoms with E-state index in [-0.39, 0.29) is 15.7 Å². The standard InChI is InChI=1S/C19H15ClN2O3S/c20-16-3-7-18(8-4-16)26(24,25)17-5-1-15(2-6-17)19(23)22-13-14-9-11-21-12-10-14/h1-12H,13H2,(H,22,23). The molecular weight excluding hydrogens is 372 g/mol. The second kappa shape index (κ2) is 7.68. The number of pyridine rings is 1. The molecule has 0 saturated heterocycles. The first-order valence-electron chi connectivity index (χ1n) is 7.74. The normalized spacial score (nSPS) is 11.1. The van der Waals surface area contributed by atoms with Gasteiger partial charge in [-0.25, -0.2) is 8.42 Å². The number of carbonyl (C=O) groups excluding carboxylic acids is 1. The van der Waals surface area contributed by atoms with Crippen molar-refractivity contribution in [3.8, 4) is 0 Å². The molecule has 0 fully saturated rings. The zero-order valence-electron chi connectivity index (χ0n) is 13.6. The second-order valence-electron chi connectivity index (χ2n) is 5.52. The number of hydrogen-bond donors (Lipinski definition) is 1. The summed E-state index contributed by atoms with van der Waals surface area (Å²) in [4.78, 5) is 16.4. The van der Waals surface area contributed by atoms with Gasteiger partial charge in [0.25, 0.3) is 5.91 Å². The van der Waals surface area contributed by atoms with Crippen LogP contribution < -0.4 is 5.32 Å². The second-order valence-corrected chi connectivity index (χ2v) is 7.91. The van der Waals surface area contributed by atoms with Crippen LogP contribution in [0.3, 0.4) is 0 Å². The van der Waals surface area contributed by atoms with Crippen molar-refractivity contribution in [1.29, 1.82) is 0 Å². The Balaban J connectivity index is 1.73. The van der Waals surface area contributed by atoms with Gasteiger partial charge in [0.1, 0.15) is 0 Å². The lowest BCUT2D eigenvalue weighted by atomic mass is 10.2. The summed E-state index contributed by atoms with van der Waals surface area (Å²) in [6.45, 7) is 0.367. The maximum atomic E-state index is 12.6. The van der Waals surface area contributed by atoms with Crippen LogP contribution in [-0.2, 0) is 16.4 Å². The molecule has 1 amide bonds. The number of rotatable bonds is 5. The third kappa shape index (κ3) is 4.09. The molecule has 5 nitrogen and oxygen atoms in total. The van der Waals surface area contributed by atoms with Crippen molar-refractivity contribution in [2.24, 2.45) is 0 Å². The van der Waals surface area contributed by atoms with E-state index >= 15 is 0 Å². The molecule has 3 aromatic rings. The van der Waals surface area contributed by atoms with Crippen molar-refractivity contribution < 1.29 is 13.2 Å². The van der Waals surface area contributed by atoms with Gasteiger partial charge in [0.15, 0.2) is 0 Å². The van der Waals surface area contributed by atoms with Crippen LogP contribution in [0.4, 0.5) is 0 Å². The van der Waals surface area contributed by atoms with Gasteiger partial charge in [-0.05, 0) is 66.2 Å². The highest BCUT2D eigenvalue weighted by atomic mass is 35.5. The third-order valence-electron chi connectivity index (χ3n) is 3.75. The summed E-state index contributed by atoms with van der Waals surface area (Å²) >= 11 is 5.79. The predicted octanol–water partition coefficient (Wildman–Crippen LogP) is 3.50. The molecule has 26 heavy (non-hydrogen) atoms. The fourth-order valence-corrected chi connectivity index (χ4v) is 3.71. The molecular formula is C19H15ClN2O3S. The van der Waals surface area contributed by atoms with Crippen LogP contribution in [0, 0.1) is 0 Å². The number of nitrogens with zero attached hydrogens (tertiary/aromatic N) is 1. The molecule has 132 valence electrons. The number of benzene rings is 2. The Morgan fingerprint density at radius 3 is 2.00 bits per heavy atom. The first kappa shape index (κ1) is 18.1. The van der Waals surface area contributed by atoms with E-state index in [4.69, 9.17) is 11.6 Å². The van der Waals surface area contributed by atoms with E-state index in [0.717, 1.165) is 5.56 Å². The maximum Gasteiger partial charge on any atom is 0.251 e. The predicted molar refractivity (Wildman–Crippen MR) is 98.8 cm³/mol.